The second-order valence-corrected chi connectivity index (χ2v) is 10.2. The zero-order valence-corrected chi connectivity index (χ0v) is 19.6. The van der Waals surface area contributed by atoms with E-state index in [2.05, 4.69) is 22.8 Å². The Morgan fingerprint density at radius 3 is 2.70 bits per heavy atom. The van der Waals surface area contributed by atoms with Gasteiger partial charge in [-0.15, -0.1) is 16.8 Å². The summed E-state index contributed by atoms with van der Waals surface area (Å²) in [5.41, 5.74) is 2.28. The van der Waals surface area contributed by atoms with Gasteiger partial charge < -0.3 is 4.74 Å². The fraction of sp³-hybridized carbons (Fsp3) is 0.261. The van der Waals surface area contributed by atoms with Crippen LogP contribution in [0.25, 0.3) is 11.4 Å². The van der Waals surface area contributed by atoms with Crippen LogP contribution in [-0.4, -0.2) is 53.8 Å². The fourth-order valence-corrected chi connectivity index (χ4v) is 5.86. The molecule has 1 fully saturated rings. The van der Waals surface area contributed by atoms with E-state index in [0.29, 0.717) is 60.7 Å². The van der Waals surface area contributed by atoms with Gasteiger partial charge >= 0.3 is 0 Å². The minimum Gasteiger partial charge on any atom is -0.379 e. The topological polar surface area (TPSA) is 101 Å². The van der Waals surface area contributed by atoms with Crippen molar-refractivity contribution in [2.75, 3.05) is 26.3 Å². The van der Waals surface area contributed by atoms with Crippen LogP contribution < -0.4 is 0 Å². The van der Waals surface area contributed by atoms with Crippen molar-refractivity contribution in [2.45, 2.75) is 22.3 Å². The number of thioether (sulfide) groups is 1. The van der Waals surface area contributed by atoms with Crippen LogP contribution in [-0.2, 0) is 27.1 Å². The summed E-state index contributed by atoms with van der Waals surface area (Å²) in [6.45, 7) is 5.78. The maximum absolute atomic E-state index is 13.1. The SMILES string of the molecule is C=CCn1c(SCc2cccc(C#N)c2)nnc1-c1cccc(S(=O)(=O)N2CCOCC2)c1. The van der Waals surface area contributed by atoms with Gasteiger partial charge in [-0.3, -0.25) is 4.57 Å². The molecule has 1 aliphatic rings. The molecule has 8 nitrogen and oxygen atoms in total. The zero-order chi connectivity index (χ0) is 23.3. The second kappa shape index (κ2) is 10.3. The van der Waals surface area contributed by atoms with Gasteiger partial charge in [-0.05, 0) is 29.8 Å². The number of nitriles is 1. The smallest absolute Gasteiger partial charge is 0.243 e. The van der Waals surface area contributed by atoms with E-state index in [1.165, 1.54) is 16.1 Å². The Hall–Kier alpha value is -2.97. The van der Waals surface area contributed by atoms with Crippen molar-refractivity contribution in [2.24, 2.45) is 0 Å². The summed E-state index contributed by atoms with van der Waals surface area (Å²) in [5.74, 6) is 1.19. The zero-order valence-electron chi connectivity index (χ0n) is 17.9. The van der Waals surface area contributed by atoms with Gasteiger partial charge in [0.05, 0.1) is 29.7 Å². The molecule has 0 radical (unpaired) electrons. The Morgan fingerprint density at radius 2 is 1.94 bits per heavy atom. The maximum Gasteiger partial charge on any atom is 0.243 e. The van der Waals surface area contributed by atoms with E-state index >= 15 is 0 Å². The van der Waals surface area contributed by atoms with Gasteiger partial charge in [0.15, 0.2) is 11.0 Å². The highest BCUT2D eigenvalue weighted by molar-refractivity contribution is 7.98. The molecule has 0 unspecified atom stereocenters. The van der Waals surface area contributed by atoms with Crippen molar-refractivity contribution in [1.82, 2.24) is 19.1 Å². The van der Waals surface area contributed by atoms with Gasteiger partial charge in [0.25, 0.3) is 0 Å². The summed E-state index contributed by atoms with van der Waals surface area (Å²) in [4.78, 5) is 0.220. The number of hydrogen-bond acceptors (Lipinski definition) is 7. The van der Waals surface area contributed by atoms with Gasteiger partial charge in [0.2, 0.25) is 10.0 Å². The molecule has 2 heterocycles. The normalized spacial score (nSPS) is 14.6. The Labute approximate surface area is 197 Å². The number of rotatable bonds is 8. The fourth-order valence-electron chi connectivity index (χ4n) is 3.51. The average molecular weight is 482 g/mol. The number of allylic oxidation sites excluding steroid dienone is 1. The number of morpholine rings is 1. The lowest BCUT2D eigenvalue weighted by Gasteiger charge is -2.26. The van der Waals surface area contributed by atoms with Crippen molar-refractivity contribution in [3.05, 3.63) is 72.3 Å². The third-order valence-corrected chi connectivity index (χ3v) is 8.09. The number of aromatic nitrogens is 3. The highest BCUT2D eigenvalue weighted by Crippen LogP contribution is 2.29. The molecule has 2 aromatic carbocycles. The van der Waals surface area contributed by atoms with Gasteiger partial charge in [0, 0.05) is 31.0 Å². The Balaban J connectivity index is 1.61. The molecule has 0 atom stereocenters. The molecule has 0 spiro atoms. The van der Waals surface area contributed by atoms with Crippen LogP contribution in [0.5, 0.6) is 0 Å². The van der Waals surface area contributed by atoms with E-state index in [0.717, 1.165) is 5.56 Å². The molecular formula is C23H23N5O3S2. The molecule has 0 bridgehead atoms. The first-order valence-electron chi connectivity index (χ1n) is 10.4. The van der Waals surface area contributed by atoms with Crippen LogP contribution in [0.2, 0.25) is 0 Å². The Kier molecular flexibility index (Phi) is 7.25. The predicted molar refractivity (Wildman–Crippen MR) is 126 cm³/mol. The van der Waals surface area contributed by atoms with Gasteiger partial charge in [-0.2, -0.15) is 9.57 Å². The highest BCUT2D eigenvalue weighted by Gasteiger charge is 2.27. The molecule has 1 aliphatic heterocycles. The molecule has 3 aromatic rings. The average Bonchev–Trinajstić information content (AvgIpc) is 3.26. The number of hydrogen-bond donors (Lipinski definition) is 0. The highest BCUT2D eigenvalue weighted by atomic mass is 32.2. The number of ether oxygens (including phenoxy) is 1. The lowest BCUT2D eigenvalue weighted by molar-refractivity contribution is 0.0730. The van der Waals surface area contributed by atoms with Crippen molar-refractivity contribution in [3.8, 4) is 17.5 Å². The predicted octanol–water partition coefficient (Wildman–Crippen LogP) is 3.32. The van der Waals surface area contributed by atoms with Crippen LogP contribution in [0, 0.1) is 11.3 Å². The molecule has 1 aromatic heterocycles. The molecule has 170 valence electrons. The summed E-state index contributed by atoms with van der Waals surface area (Å²) in [7, 11) is -3.62. The van der Waals surface area contributed by atoms with Crippen molar-refractivity contribution >= 4 is 21.8 Å². The van der Waals surface area contributed by atoms with E-state index in [9.17, 15) is 8.42 Å². The largest absolute Gasteiger partial charge is 0.379 e. The van der Waals surface area contributed by atoms with E-state index in [4.69, 9.17) is 10.00 Å². The minimum absolute atomic E-state index is 0.220. The summed E-state index contributed by atoms with van der Waals surface area (Å²) in [5, 5.41) is 18.5. The first-order chi connectivity index (χ1) is 16.0. The Bertz CT molecular complexity index is 1290. The number of nitrogens with zero attached hydrogens (tertiary/aromatic N) is 5. The maximum atomic E-state index is 13.1. The number of sulfonamides is 1. The quantitative estimate of drug-likeness (QED) is 0.359. The van der Waals surface area contributed by atoms with Crippen LogP contribution in [0.4, 0.5) is 0 Å². The van der Waals surface area contributed by atoms with Crippen molar-refractivity contribution in [1.29, 1.82) is 5.26 Å². The Morgan fingerprint density at radius 1 is 1.15 bits per heavy atom. The third kappa shape index (κ3) is 5.17. The molecule has 4 rings (SSSR count). The lowest BCUT2D eigenvalue weighted by atomic mass is 10.2. The van der Waals surface area contributed by atoms with Crippen LogP contribution >= 0.6 is 11.8 Å². The second-order valence-electron chi connectivity index (χ2n) is 7.35. The molecule has 33 heavy (non-hydrogen) atoms. The monoisotopic (exact) mass is 481 g/mol. The van der Waals surface area contributed by atoms with Crippen LogP contribution in [0.1, 0.15) is 11.1 Å². The first-order valence-corrected chi connectivity index (χ1v) is 12.8. The van der Waals surface area contributed by atoms with Crippen molar-refractivity contribution < 1.29 is 13.2 Å². The van der Waals surface area contributed by atoms with Gasteiger partial charge in [0.1, 0.15) is 0 Å². The van der Waals surface area contributed by atoms with E-state index in [1.807, 2.05) is 28.8 Å². The molecular weight excluding hydrogens is 458 g/mol. The van der Waals surface area contributed by atoms with E-state index < -0.39 is 10.0 Å². The van der Waals surface area contributed by atoms with E-state index in [-0.39, 0.29) is 4.90 Å². The van der Waals surface area contributed by atoms with Crippen molar-refractivity contribution in [3.63, 3.8) is 0 Å². The van der Waals surface area contributed by atoms with Crippen LogP contribution in [0.15, 0.2) is 71.2 Å². The molecule has 0 amide bonds. The first kappa shape index (κ1) is 23.2. The van der Waals surface area contributed by atoms with E-state index in [1.54, 1.807) is 30.3 Å². The number of benzene rings is 2. The molecule has 10 heteroatoms. The summed E-state index contributed by atoms with van der Waals surface area (Å²) >= 11 is 1.50. The van der Waals surface area contributed by atoms with Gasteiger partial charge in [-0.25, -0.2) is 8.42 Å². The molecule has 0 aliphatic carbocycles. The van der Waals surface area contributed by atoms with Gasteiger partial charge in [-0.1, -0.05) is 42.1 Å². The molecule has 0 saturated carbocycles. The standard InChI is InChI=1S/C23H23N5O3S2/c1-2-9-28-22(25-26-23(28)32-17-19-6-3-5-18(14-19)16-24)20-7-4-8-21(15-20)33(29,30)27-10-12-31-13-11-27/h2-8,14-15H,1,9-13,17H2. The molecule has 0 N–H and O–H groups in total. The summed E-state index contributed by atoms with van der Waals surface area (Å²) in [6, 6.07) is 16.4. The molecule has 1 saturated heterocycles. The van der Waals surface area contributed by atoms with Crippen LogP contribution in [0.3, 0.4) is 0 Å². The third-order valence-electron chi connectivity index (χ3n) is 5.15. The lowest BCUT2D eigenvalue weighted by Crippen LogP contribution is -2.40. The minimum atomic E-state index is -3.62. The summed E-state index contributed by atoms with van der Waals surface area (Å²) in [6.07, 6.45) is 1.75. The summed E-state index contributed by atoms with van der Waals surface area (Å²) < 4.78 is 34.8.